The van der Waals surface area contributed by atoms with Gasteiger partial charge in [-0.25, -0.2) is 10.0 Å². The van der Waals surface area contributed by atoms with Crippen molar-refractivity contribution in [1.29, 1.82) is 0 Å². The van der Waals surface area contributed by atoms with E-state index in [0.29, 0.717) is 45.4 Å². The Labute approximate surface area is 193 Å². The number of fused-ring (bicyclic) bond motifs is 1. The van der Waals surface area contributed by atoms with Crippen LogP contribution in [-0.4, -0.2) is 92.9 Å². The van der Waals surface area contributed by atoms with Gasteiger partial charge in [-0.15, -0.1) is 0 Å². The molecule has 178 valence electrons. The highest BCUT2D eigenvalue weighted by molar-refractivity contribution is 5.86. The van der Waals surface area contributed by atoms with Crippen molar-refractivity contribution in [3.8, 4) is 11.5 Å². The van der Waals surface area contributed by atoms with Crippen LogP contribution in [0.25, 0.3) is 0 Å². The Kier molecular flexibility index (Phi) is 6.40. The first-order valence-electron chi connectivity index (χ1n) is 11.6. The third kappa shape index (κ3) is 4.38. The van der Waals surface area contributed by atoms with Crippen LogP contribution in [0, 0.1) is 0 Å². The van der Waals surface area contributed by atoms with Crippen LogP contribution in [0.15, 0.2) is 39.9 Å². The van der Waals surface area contributed by atoms with Crippen molar-refractivity contribution >= 4 is 18.0 Å². The summed E-state index contributed by atoms with van der Waals surface area (Å²) in [5, 5.41) is 8.51. The first-order chi connectivity index (χ1) is 16.3. The van der Waals surface area contributed by atoms with E-state index >= 15 is 0 Å². The van der Waals surface area contributed by atoms with Gasteiger partial charge in [-0.2, -0.15) is 10.1 Å². The Morgan fingerprint density at radius 3 is 2.27 bits per heavy atom. The monoisotopic (exact) mass is 457 g/mol. The van der Waals surface area contributed by atoms with E-state index in [0.717, 1.165) is 55.2 Å². The first kappa shape index (κ1) is 21.7. The van der Waals surface area contributed by atoms with Crippen LogP contribution < -0.4 is 19.9 Å². The molecule has 0 atom stereocenters. The number of hydrogen-bond acceptors (Lipinski definition) is 11. The lowest BCUT2D eigenvalue weighted by molar-refractivity contribution is 0.0496. The molecule has 0 saturated carbocycles. The number of rotatable bonds is 6. The van der Waals surface area contributed by atoms with Crippen LogP contribution in [0.5, 0.6) is 11.5 Å². The second-order valence-corrected chi connectivity index (χ2v) is 7.80. The maximum Gasteiger partial charge on any atom is 0.220 e. The van der Waals surface area contributed by atoms with Crippen LogP contribution in [0.1, 0.15) is 13.8 Å². The Balaban J connectivity index is 1.53. The average Bonchev–Trinajstić information content (AvgIpc) is 3.30. The van der Waals surface area contributed by atoms with Crippen molar-refractivity contribution < 1.29 is 18.9 Å². The summed E-state index contributed by atoms with van der Waals surface area (Å²) < 4.78 is 22.7. The second-order valence-electron chi connectivity index (χ2n) is 7.80. The number of hydrazone groups is 1. The van der Waals surface area contributed by atoms with Gasteiger partial charge in [-0.1, -0.05) is 0 Å². The van der Waals surface area contributed by atoms with Gasteiger partial charge in [0, 0.05) is 32.2 Å². The van der Waals surface area contributed by atoms with Crippen LogP contribution in [0.3, 0.4) is 0 Å². The van der Waals surface area contributed by atoms with E-state index in [9.17, 15) is 0 Å². The van der Waals surface area contributed by atoms with Crippen molar-refractivity contribution in [3.05, 3.63) is 29.8 Å². The molecule has 1 aromatic rings. The van der Waals surface area contributed by atoms with Gasteiger partial charge < -0.3 is 28.7 Å². The van der Waals surface area contributed by atoms with Crippen LogP contribution >= 0.6 is 0 Å². The molecule has 1 aromatic carbocycles. The molecule has 4 aliphatic heterocycles. The minimum absolute atomic E-state index is 0.551. The smallest absolute Gasteiger partial charge is 0.220 e. The van der Waals surface area contributed by atoms with E-state index in [4.69, 9.17) is 29.0 Å². The molecular formula is C22H31N7O4. The van der Waals surface area contributed by atoms with Crippen LogP contribution in [0.2, 0.25) is 0 Å². The van der Waals surface area contributed by atoms with Gasteiger partial charge in [0.15, 0.2) is 23.1 Å². The fourth-order valence-electron chi connectivity index (χ4n) is 4.15. The molecule has 4 aliphatic rings. The maximum atomic E-state index is 5.84. The minimum atomic E-state index is 0.551. The molecular weight excluding hydrogens is 426 g/mol. The van der Waals surface area contributed by atoms with Gasteiger partial charge in [0.05, 0.1) is 45.3 Å². The van der Waals surface area contributed by atoms with Crippen LogP contribution in [-0.2, 0) is 9.47 Å². The molecule has 11 nitrogen and oxygen atoms in total. The predicted octanol–water partition coefficient (Wildman–Crippen LogP) is 1.21. The van der Waals surface area contributed by atoms with Crippen molar-refractivity contribution in [2.75, 3.05) is 70.8 Å². The molecule has 2 fully saturated rings. The SMILES string of the molecule is CCOc1ccc(N2N=CN3NC(N4CCOCC4)=NC(N4CCOCC4)=C32)cc1OCC. The molecule has 1 N–H and O–H groups in total. The fraction of sp³-hybridized carbons (Fsp3) is 0.545. The summed E-state index contributed by atoms with van der Waals surface area (Å²) in [4.78, 5) is 9.53. The van der Waals surface area contributed by atoms with E-state index in [1.165, 1.54) is 0 Å². The molecule has 2 saturated heterocycles. The lowest BCUT2D eigenvalue weighted by Gasteiger charge is -2.39. The number of hydrogen-bond donors (Lipinski definition) is 1. The average molecular weight is 458 g/mol. The highest BCUT2D eigenvalue weighted by Gasteiger charge is 2.36. The molecule has 0 spiro atoms. The van der Waals surface area contributed by atoms with E-state index in [1.807, 2.05) is 42.1 Å². The molecule has 0 radical (unpaired) electrons. The van der Waals surface area contributed by atoms with Crippen molar-refractivity contribution in [2.45, 2.75) is 13.8 Å². The summed E-state index contributed by atoms with van der Waals surface area (Å²) in [6.07, 6.45) is 1.78. The molecule has 0 aromatic heterocycles. The number of aliphatic imine (C=N–C) groups is 1. The normalized spacial score (nSPS) is 20.6. The van der Waals surface area contributed by atoms with Gasteiger partial charge in [0.1, 0.15) is 6.34 Å². The Bertz CT molecular complexity index is 939. The van der Waals surface area contributed by atoms with E-state index in [-0.39, 0.29) is 0 Å². The molecule has 0 bridgehead atoms. The van der Waals surface area contributed by atoms with Crippen molar-refractivity contribution in [2.24, 2.45) is 10.1 Å². The number of nitrogens with one attached hydrogen (secondary N) is 1. The third-order valence-electron chi connectivity index (χ3n) is 5.74. The molecule has 11 heteroatoms. The quantitative estimate of drug-likeness (QED) is 0.677. The summed E-state index contributed by atoms with van der Waals surface area (Å²) in [6, 6.07) is 5.87. The largest absolute Gasteiger partial charge is 0.490 e. The molecule has 0 amide bonds. The Morgan fingerprint density at radius 2 is 1.58 bits per heavy atom. The van der Waals surface area contributed by atoms with Gasteiger partial charge in [-0.3, -0.25) is 5.43 Å². The van der Waals surface area contributed by atoms with Gasteiger partial charge in [-0.05, 0) is 26.0 Å². The number of benzene rings is 1. The Morgan fingerprint density at radius 1 is 0.909 bits per heavy atom. The highest BCUT2D eigenvalue weighted by Crippen LogP contribution is 2.37. The molecule has 0 aliphatic carbocycles. The molecule has 33 heavy (non-hydrogen) atoms. The number of morpholine rings is 2. The number of anilines is 1. The maximum absolute atomic E-state index is 5.84. The zero-order valence-electron chi connectivity index (χ0n) is 19.2. The molecule has 0 unspecified atom stereocenters. The molecule has 5 rings (SSSR count). The van der Waals surface area contributed by atoms with Gasteiger partial charge >= 0.3 is 0 Å². The van der Waals surface area contributed by atoms with Crippen molar-refractivity contribution in [1.82, 2.24) is 20.2 Å². The third-order valence-corrected chi connectivity index (χ3v) is 5.74. The summed E-state index contributed by atoms with van der Waals surface area (Å²) in [6.45, 7) is 10.9. The van der Waals surface area contributed by atoms with Crippen LogP contribution in [0.4, 0.5) is 5.69 Å². The fourth-order valence-corrected chi connectivity index (χ4v) is 4.15. The highest BCUT2D eigenvalue weighted by atomic mass is 16.5. The van der Waals surface area contributed by atoms with E-state index in [1.54, 1.807) is 6.34 Å². The topological polar surface area (TPSA) is 86.6 Å². The number of nitrogens with zero attached hydrogens (tertiary/aromatic N) is 6. The predicted molar refractivity (Wildman–Crippen MR) is 124 cm³/mol. The van der Waals surface area contributed by atoms with Gasteiger partial charge in [0.2, 0.25) is 5.96 Å². The number of hydrazine groups is 1. The standard InChI is InChI=1S/C22H31N7O4/c1-3-32-18-6-5-17(15-19(18)33-4-2)29-21-20(26-7-11-30-12-8-26)24-22(25-28(21)16-23-29)27-9-13-31-14-10-27/h5-6,15-16H,3-4,7-14H2,1-2H3,(H,24,25). The van der Waals surface area contributed by atoms with Gasteiger partial charge in [0.25, 0.3) is 0 Å². The summed E-state index contributed by atoms with van der Waals surface area (Å²) >= 11 is 0. The molecule has 4 heterocycles. The lowest BCUT2D eigenvalue weighted by atomic mass is 10.2. The zero-order chi connectivity index (χ0) is 22.6. The minimum Gasteiger partial charge on any atom is -0.490 e. The van der Waals surface area contributed by atoms with E-state index < -0.39 is 0 Å². The Hall–Kier alpha value is -3.18. The van der Waals surface area contributed by atoms with E-state index in [2.05, 4.69) is 15.2 Å². The second kappa shape index (κ2) is 9.75. The summed E-state index contributed by atoms with van der Waals surface area (Å²) in [5.74, 6) is 3.93. The zero-order valence-corrected chi connectivity index (χ0v) is 19.2. The number of guanidine groups is 1. The summed E-state index contributed by atoms with van der Waals surface area (Å²) in [7, 11) is 0. The lowest BCUT2D eigenvalue weighted by Crippen LogP contribution is -2.55. The first-order valence-corrected chi connectivity index (χ1v) is 11.6. The number of ether oxygens (including phenoxy) is 4. The summed E-state index contributed by atoms with van der Waals surface area (Å²) in [5.41, 5.74) is 4.29. The van der Waals surface area contributed by atoms with Crippen molar-refractivity contribution in [3.63, 3.8) is 0 Å².